The van der Waals surface area contributed by atoms with Crippen molar-refractivity contribution in [2.75, 3.05) is 26.9 Å². The number of nitrogens with zero attached hydrogens (tertiary/aromatic N) is 4. The second kappa shape index (κ2) is 7.10. The zero-order chi connectivity index (χ0) is 16.5. The molecule has 6 nitrogen and oxygen atoms in total. The summed E-state index contributed by atoms with van der Waals surface area (Å²) >= 11 is 0. The lowest BCUT2D eigenvalue weighted by Crippen LogP contribution is -2.51. The minimum atomic E-state index is 0.379. The third-order valence-electron chi connectivity index (χ3n) is 6.39. The van der Waals surface area contributed by atoms with Crippen LogP contribution in [-0.2, 0) is 23.1 Å². The van der Waals surface area contributed by atoms with E-state index >= 15 is 0 Å². The molecule has 2 saturated carbocycles. The molecule has 0 amide bonds. The molecule has 0 bridgehead atoms. The van der Waals surface area contributed by atoms with Crippen molar-refractivity contribution in [2.45, 2.75) is 63.1 Å². The standard InChI is InChI=1S/C18H30N4O2/c1-21-17(19-20-18(21)13-5-3-6-13)11-22-9-10-24-12-15(22)14-7-4-8-16(14)23-2/h13-16H,3-12H2,1-2H3. The van der Waals surface area contributed by atoms with Crippen LogP contribution >= 0.6 is 0 Å². The van der Waals surface area contributed by atoms with E-state index in [2.05, 4.69) is 26.7 Å². The lowest BCUT2D eigenvalue weighted by molar-refractivity contribution is -0.0618. The van der Waals surface area contributed by atoms with Crippen LogP contribution in [-0.4, -0.2) is 58.7 Å². The Kier molecular flexibility index (Phi) is 4.88. The van der Waals surface area contributed by atoms with Crippen LogP contribution in [0.15, 0.2) is 0 Å². The molecule has 3 fully saturated rings. The molecular formula is C18H30N4O2. The van der Waals surface area contributed by atoms with Gasteiger partial charge >= 0.3 is 0 Å². The van der Waals surface area contributed by atoms with E-state index in [1.807, 2.05) is 7.11 Å². The van der Waals surface area contributed by atoms with Gasteiger partial charge in [-0.05, 0) is 25.7 Å². The summed E-state index contributed by atoms with van der Waals surface area (Å²) in [5, 5.41) is 9.00. The molecule has 134 valence electrons. The first-order chi connectivity index (χ1) is 11.8. The second-order valence-electron chi connectivity index (χ2n) is 7.64. The maximum atomic E-state index is 5.82. The van der Waals surface area contributed by atoms with Crippen LogP contribution in [0.4, 0.5) is 0 Å². The predicted molar refractivity (Wildman–Crippen MR) is 90.8 cm³/mol. The lowest BCUT2D eigenvalue weighted by Gasteiger charge is -2.40. The molecular weight excluding hydrogens is 304 g/mol. The van der Waals surface area contributed by atoms with E-state index in [-0.39, 0.29) is 0 Å². The normalized spacial score (nSPS) is 32.2. The van der Waals surface area contributed by atoms with Crippen LogP contribution in [0.25, 0.3) is 0 Å². The van der Waals surface area contributed by atoms with Crippen molar-refractivity contribution >= 4 is 0 Å². The molecule has 6 heteroatoms. The van der Waals surface area contributed by atoms with Crippen molar-refractivity contribution in [3.8, 4) is 0 Å². The van der Waals surface area contributed by atoms with E-state index in [0.717, 1.165) is 32.1 Å². The molecule has 0 spiro atoms. The van der Waals surface area contributed by atoms with E-state index in [1.165, 1.54) is 44.3 Å². The van der Waals surface area contributed by atoms with Gasteiger partial charge in [0.25, 0.3) is 0 Å². The summed E-state index contributed by atoms with van der Waals surface area (Å²) in [6.45, 7) is 3.48. The lowest BCUT2D eigenvalue weighted by atomic mass is 9.85. The van der Waals surface area contributed by atoms with Crippen molar-refractivity contribution in [3.63, 3.8) is 0 Å². The van der Waals surface area contributed by atoms with Gasteiger partial charge in [-0.15, -0.1) is 10.2 Å². The number of rotatable bonds is 5. The summed E-state index contributed by atoms with van der Waals surface area (Å²) in [6.07, 6.45) is 7.94. The fourth-order valence-corrected chi connectivity index (χ4v) is 4.65. The minimum absolute atomic E-state index is 0.379. The quantitative estimate of drug-likeness (QED) is 0.825. The average Bonchev–Trinajstić information content (AvgIpc) is 3.15. The third kappa shape index (κ3) is 3.00. The van der Waals surface area contributed by atoms with Gasteiger partial charge in [-0.25, -0.2) is 0 Å². The van der Waals surface area contributed by atoms with Crippen molar-refractivity contribution < 1.29 is 9.47 Å². The van der Waals surface area contributed by atoms with Crippen molar-refractivity contribution in [2.24, 2.45) is 13.0 Å². The molecule has 4 rings (SSSR count). The molecule has 3 atom stereocenters. The average molecular weight is 334 g/mol. The highest BCUT2D eigenvalue weighted by Crippen LogP contribution is 2.36. The summed E-state index contributed by atoms with van der Waals surface area (Å²) in [5.41, 5.74) is 0. The Morgan fingerprint density at radius 1 is 1.17 bits per heavy atom. The summed E-state index contributed by atoms with van der Waals surface area (Å²) in [6, 6.07) is 0.440. The van der Waals surface area contributed by atoms with Crippen molar-refractivity contribution in [3.05, 3.63) is 11.6 Å². The second-order valence-corrected chi connectivity index (χ2v) is 7.64. The maximum absolute atomic E-state index is 5.82. The zero-order valence-electron chi connectivity index (χ0n) is 15.0. The fourth-order valence-electron chi connectivity index (χ4n) is 4.65. The maximum Gasteiger partial charge on any atom is 0.146 e. The van der Waals surface area contributed by atoms with E-state index in [0.29, 0.717) is 24.0 Å². The Morgan fingerprint density at radius 3 is 2.75 bits per heavy atom. The number of morpholine rings is 1. The van der Waals surface area contributed by atoms with Gasteiger partial charge in [-0.1, -0.05) is 12.8 Å². The van der Waals surface area contributed by atoms with Gasteiger partial charge in [0.1, 0.15) is 11.6 Å². The van der Waals surface area contributed by atoms with E-state index in [1.54, 1.807) is 0 Å². The zero-order valence-corrected chi connectivity index (χ0v) is 15.0. The summed E-state index contributed by atoms with van der Waals surface area (Å²) in [4.78, 5) is 2.56. The molecule has 3 unspecified atom stereocenters. The van der Waals surface area contributed by atoms with Gasteiger partial charge in [0.2, 0.25) is 0 Å². The smallest absolute Gasteiger partial charge is 0.146 e. The first-order valence-corrected chi connectivity index (χ1v) is 9.50. The van der Waals surface area contributed by atoms with Crippen molar-refractivity contribution in [1.82, 2.24) is 19.7 Å². The van der Waals surface area contributed by atoms with Crippen LogP contribution in [0.5, 0.6) is 0 Å². The topological polar surface area (TPSA) is 52.4 Å². The number of hydrogen-bond acceptors (Lipinski definition) is 5. The first-order valence-electron chi connectivity index (χ1n) is 9.50. The Hall–Kier alpha value is -0.980. The summed E-state index contributed by atoms with van der Waals surface area (Å²) in [5.74, 6) is 3.48. The largest absolute Gasteiger partial charge is 0.381 e. The molecule has 2 heterocycles. The van der Waals surface area contributed by atoms with E-state index in [9.17, 15) is 0 Å². The highest BCUT2D eigenvalue weighted by Gasteiger charge is 2.39. The highest BCUT2D eigenvalue weighted by molar-refractivity contribution is 5.05. The van der Waals surface area contributed by atoms with E-state index < -0.39 is 0 Å². The Labute approximate surface area is 144 Å². The molecule has 1 aliphatic heterocycles. The minimum Gasteiger partial charge on any atom is -0.381 e. The van der Waals surface area contributed by atoms with E-state index in [4.69, 9.17) is 9.47 Å². The van der Waals surface area contributed by atoms with Crippen LogP contribution in [0.3, 0.4) is 0 Å². The molecule has 3 aliphatic rings. The first kappa shape index (κ1) is 16.5. The van der Waals surface area contributed by atoms with Crippen LogP contribution in [0, 0.1) is 5.92 Å². The third-order valence-corrected chi connectivity index (χ3v) is 6.39. The monoisotopic (exact) mass is 334 g/mol. The fraction of sp³-hybridized carbons (Fsp3) is 0.889. The number of ether oxygens (including phenoxy) is 2. The van der Waals surface area contributed by atoms with Gasteiger partial charge < -0.3 is 14.0 Å². The molecule has 1 aromatic rings. The van der Waals surface area contributed by atoms with Crippen molar-refractivity contribution in [1.29, 1.82) is 0 Å². The van der Waals surface area contributed by atoms with Gasteiger partial charge in [0.15, 0.2) is 0 Å². The van der Waals surface area contributed by atoms with Crippen LogP contribution in [0.1, 0.15) is 56.1 Å². The number of methoxy groups -OCH3 is 1. The SMILES string of the molecule is COC1CCCC1C1COCCN1Cc1nnc(C2CCC2)n1C. The highest BCUT2D eigenvalue weighted by atomic mass is 16.5. The van der Waals surface area contributed by atoms with Gasteiger partial charge in [-0.3, -0.25) is 4.90 Å². The molecule has 1 aromatic heterocycles. The number of aromatic nitrogens is 3. The Bertz CT molecular complexity index is 557. The molecule has 24 heavy (non-hydrogen) atoms. The molecule has 0 radical (unpaired) electrons. The number of hydrogen-bond donors (Lipinski definition) is 0. The Balaban J connectivity index is 1.48. The summed E-state index contributed by atoms with van der Waals surface area (Å²) in [7, 11) is 3.98. The molecule has 1 saturated heterocycles. The van der Waals surface area contributed by atoms with Gasteiger partial charge in [0, 0.05) is 38.6 Å². The van der Waals surface area contributed by atoms with Gasteiger partial charge in [-0.2, -0.15) is 0 Å². The van der Waals surface area contributed by atoms with Crippen LogP contribution in [0.2, 0.25) is 0 Å². The Morgan fingerprint density at radius 2 is 2.00 bits per heavy atom. The predicted octanol–water partition coefficient (Wildman–Crippen LogP) is 2.10. The molecule has 0 aromatic carbocycles. The van der Waals surface area contributed by atoms with Gasteiger partial charge in [0.05, 0.1) is 25.9 Å². The summed E-state index contributed by atoms with van der Waals surface area (Å²) < 4.78 is 13.8. The van der Waals surface area contributed by atoms with Crippen LogP contribution < -0.4 is 0 Å². The molecule has 0 N–H and O–H groups in total. The molecule has 2 aliphatic carbocycles.